The van der Waals surface area contributed by atoms with Crippen molar-refractivity contribution in [3.8, 4) is 0 Å². The number of carbonyl (C=O) groups is 1. The van der Waals surface area contributed by atoms with Crippen molar-refractivity contribution in [2.24, 2.45) is 5.73 Å². The van der Waals surface area contributed by atoms with Crippen LogP contribution in [0.3, 0.4) is 0 Å². The quantitative estimate of drug-likeness (QED) is 0.0758. The molecule has 0 aliphatic rings. The van der Waals surface area contributed by atoms with Crippen LogP contribution in [-0.4, -0.2) is 19.0 Å². The fraction of sp³-hybridized carbons (Fsp3) is 0.974. The van der Waals surface area contributed by atoms with Gasteiger partial charge in [0, 0.05) is 13.0 Å². The van der Waals surface area contributed by atoms with Crippen LogP contribution in [0.15, 0.2) is 0 Å². The van der Waals surface area contributed by atoms with Gasteiger partial charge < -0.3 is 11.1 Å². The second-order valence-corrected chi connectivity index (χ2v) is 12.7. The van der Waals surface area contributed by atoms with Crippen molar-refractivity contribution >= 4 is 5.91 Å². The molecule has 0 aliphatic heterocycles. The molecule has 0 heterocycles. The molecule has 0 saturated carbocycles. The Kier molecular flexibility index (Phi) is 43.1. The molecule has 0 aromatic rings. The van der Waals surface area contributed by atoms with Crippen molar-refractivity contribution in [1.29, 1.82) is 0 Å². The van der Waals surface area contributed by atoms with Gasteiger partial charge in [-0.15, -0.1) is 0 Å². The van der Waals surface area contributed by atoms with E-state index in [1.54, 1.807) is 0 Å². The highest BCUT2D eigenvalue weighted by molar-refractivity contribution is 5.75. The van der Waals surface area contributed by atoms with E-state index in [-0.39, 0.29) is 5.91 Å². The van der Waals surface area contributed by atoms with Gasteiger partial charge in [-0.1, -0.05) is 200 Å². The van der Waals surface area contributed by atoms with E-state index in [0.29, 0.717) is 6.42 Å². The van der Waals surface area contributed by atoms with E-state index in [1.165, 1.54) is 193 Å². The number of hydrogen-bond acceptors (Lipinski definition) is 2. The van der Waals surface area contributed by atoms with Gasteiger partial charge in [0.15, 0.2) is 0 Å². The van der Waals surface area contributed by atoms with Gasteiger partial charge in [0.2, 0.25) is 5.91 Å². The SMILES string of the molecule is CCCCCCCCCCCCCCCCCC(=O)NCC.CCCCCCCCCCCCCCCCCCN. The Bertz CT molecular complexity index is 438. The molecule has 1 amide bonds. The summed E-state index contributed by atoms with van der Waals surface area (Å²) >= 11 is 0. The molecule has 0 radical (unpaired) electrons. The fourth-order valence-corrected chi connectivity index (χ4v) is 5.63. The zero-order valence-corrected chi connectivity index (χ0v) is 29.0. The Labute approximate surface area is 260 Å². The van der Waals surface area contributed by atoms with Crippen molar-refractivity contribution in [2.75, 3.05) is 13.1 Å². The summed E-state index contributed by atoms with van der Waals surface area (Å²) in [5, 5.41) is 2.86. The Morgan fingerprint density at radius 2 is 0.634 bits per heavy atom. The largest absolute Gasteiger partial charge is 0.356 e. The molecule has 3 heteroatoms. The smallest absolute Gasteiger partial charge is 0.219 e. The average molecular weight is 581 g/mol. The predicted octanol–water partition coefficient (Wildman–Crippen LogP) is 12.6. The number of unbranched alkanes of at least 4 members (excludes halogenated alkanes) is 29. The van der Waals surface area contributed by atoms with Crippen LogP contribution in [0.4, 0.5) is 0 Å². The summed E-state index contributed by atoms with van der Waals surface area (Å²) in [6.07, 6.45) is 44.2. The highest BCUT2D eigenvalue weighted by Crippen LogP contribution is 2.15. The van der Waals surface area contributed by atoms with E-state index in [9.17, 15) is 4.79 Å². The monoisotopic (exact) mass is 581 g/mol. The Morgan fingerprint density at radius 3 is 0.878 bits per heavy atom. The molecular weight excluding hydrogens is 500 g/mol. The third-order valence-corrected chi connectivity index (χ3v) is 8.44. The molecule has 0 bridgehead atoms. The predicted molar refractivity (Wildman–Crippen MR) is 187 cm³/mol. The van der Waals surface area contributed by atoms with Crippen molar-refractivity contribution in [3.05, 3.63) is 0 Å². The second kappa shape index (κ2) is 41.6. The average Bonchev–Trinajstić information content (AvgIpc) is 2.97. The third-order valence-electron chi connectivity index (χ3n) is 8.44. The lowest BCUT2D eigenvalue weighted by Crippen LogP contribution is -2.21. The molecule has 41 heavy (non-hydrogen) atoms. The number of hydrogen-bond donors (Lipinski definition) is 2. The van der Waals surface area contributed by atoms with Gasteiger partial charge in [-0.05, 0) is 26.3 Å². The van der Waals surface area contributed by atoms with Crippen LogP contribution in [0.5, 0.6) is 0 Å². The van der Waals surface area contributed by atoms with Crippen LogP contribution >= 0.6 is 0 Å². The maximum Gasteiger partial charge on any atom is 0.219 e. The Balaban J connectivity index is 0. The van der Waals surface area contributed by atoms with Gasteiger partial charge in [0.1, 0.15) is 0 Å². The van der Waals surface area contributed by atoms with Gasteiger partial charge >= 0.3 is 0 Å². The first kappa shape index (κ1) is 42.6. The molecule has 0 aromatic carbocycles. The molecule has 0 spiro atoms. The van der Waals surface area contributed by atoms with Crippen LogP contribution in [-0.2, 0) is 4.79 Å². The Morgan fingerprint density at radius 1 is 0.390 bits per heavy atom. The lowest BCUT2D eigenvalue weighted by molar-refractivity contribution is -0.121. The van der Waals surface area contributed by atoms with E-state index in [1.807, 2.05) is 6.92 Å². The zero-order valence-electron chi connectivity index (χ0n) is 29.0. The lowest BCUT2D eigenvalue weighted by Gasteiger charge is -2.04. The molecule has 0 rings (SSSR count). The maximum atomic E-state index is 11.3. The topological polar surface area (TPSA) is 55.1 Å². The van der Waals surface area contributed by atoms with E-state index >= 15 is 0 Å². The van der Waals surface area contributed by atoms with E-state index in [0.717, 1.165) is 19.5 Å². The number of amides is 1. The molecule has 0 fully saturated rings. The maximum absolute atomic E-state index is 11.3. The highest BCUT2D eigenvalue weighted by Gasteiger charge is 1.99. The highest BCUT2D eigenvalue weighted by atomic mass is 16.1. The van der Waals surface area contributed by atoms with Gasteiger partial charge in [0.25, 0.3) is 0 Å². The first-order valence-corrected chi connectivity index (χ1v) is 19.2. The first-order valence-electron chi connectivity index (χ1n) is 19.2. The van der Waals surface area contributed by atoms with Crippen LogP contribution in [0.25, 0.3) is 0 Å². The molecule has 0 saturated heterocycles. The molecule has 0 atom stereocenters. The minimum atomic E-state index is 0.220. The standard InChI is InChI=1S/C20H41NO.C18H39N/c1-3-5-6-7-8-9-10-11-12-13-14-15-16-17-18-19-20(22)21-4-2;1-2-3-4-5-6-7-8-9-10-11-12-13-14-15-16-17-18-19/h3-19H2,1-2H3,(H,21,22);2-19H2,1H3. The van der Waals surface area contributed by atoms with Gasteiger partial charge in [-0.3, -0.25) is 4.79 Å². The lowest BCUT2D eigenvalue weighted by atomic mass is 10.0. The van der Waals surface area contributed by atoms with Crippen LogP contribution in [0.1, 0.15) is 226 Å². The zero-order chi connectivity index (χ0) is 30.3. The van der Waals surface area contributed by atoms with Crippen molar-refractivity contribution in [1.82, 2.24) is 5.32 Å². The van der Waals surface area contributed by atoms with Crippen molar-refractivity contribution in [3.63, 3.8) is 0 Å². The molecule has 248 valence electrons. The molecular formula is C38H80N2O. The minimum absolute atomic E-state index is 0.220. The molecule has 0 aliphatic carbocycles. The normalized spacial score (nSPS) is 10.9. The summed E-state index contributed by atoms with van der Waals surface area (Å²) in [5.74, 6) is 0.220. The number of nitrogens with two attached hydrogens (primary N) is 1. The van der Waals surface area contributed by atoms with E-state index < -0.39 is 0 Å². The second-order valence-electron chi connectivity index (χ2n) is 12.7. The summed E-state index contributed by atoms with van der Waals surface area (Å²) in [6, 6.07) is 0. The van der Waals surface area contributed by atoms with Crippen LogP contribution in [0, 0.1) is 0 Å². The van der Waals surface area contributed by atoms with Gasteiger partial charge in [-0.25, -0.2) is 0 Å². The molecule has 0 aromatic heterocycles. The summed E-state index contributed by atoms with van der Waals surface area (Å²) in [4.78, 5) is 11.3. The van der Waals surface area contributed by atoms with E-state index in [4.69, 9.17) is 5.73 Å². The van der Waals surface area contributed by atoms with Crippen molar-refractivity contribution < 1.29 is 4.79 Å². The summed E-state index contributed by atoms with van der Waals surface area (Å²) in [7, 11) is 0. The van der Waals surface area contributed by atoms with E-state index in [2.05, 4.69) is 19.2 Å². The third kappa shape index (κ3) is 44.0. The molecule has 0 unspecified atom stereocenters. The summed E-state index contributed by atoms with van der Waals surface area (Å²) < 4.78 is 0. The number of nitrogens with one attached hydrogen (secondary N) is 1. The number of rotatable bonds is 33. The summed E-state index contributed by atoms with van der Waals surface area (Å²) in [6.45, 7) is 8.18. The summed E-state index contributed by atoms with van der Waals surface area (Å²) in [5.41, 5.74) is 5.48. The van der Waals surface area contributed by atoms with Gasteiger partial charge in [-0.2, -0.15) is 0 Å². The molecule has 3 N–H and O–H groups in total. The van der Waals surface area contributed by atoms with Crippen LogP contribution < -0.4 is 11.1 Å². The number of carbonyl (C=O) groups excluding carboxylic acids is 1. The van der Waals surface area contributed by atoms with Gasteiger partial charge in [0.05, 0.1) is 0 Å². The molecule has 3 nitrogen and oxygen atoms in total. The van der Waals surface area contributed by atoms with Crippen LogP contribution in [0.2, 0.25) is 0 Å². The van der Waals surface area contributed by atoms with Crippen molar-refractivity contribution in [2.45, 2.75) is 226 Å². The minimum Gasteiger partial charge on any atom is -0.356 e. The Hall–Kier alpha value is -0.570. The first-order chi connectivity index (χ1) is 20.2. The fourth-order valence-electron chi connectivity index (χ4n) is 5.63.